The molecule has 88 valence electrons. The van der Waals surface area contributed by atoms with E-state index in [1.807, 2.05) is 0 Å². The van der Waals surface area contributed by atoms with E-state index in [9.17, 15) is 0 Å². The van der Waals surface area contributed by atoms with Crippen molar-refractivity contribution in [1.82, 2.24) is 9.97 Å². The number of benzene rings is 1. The van der Waals surface area contributed by atoms with Gasteiger partial charge in [0.25, 0.3) is 0 Å². The molecule has 3 nitrogen and oxygen atoms in total. The van der Waals surface area contributed by atoms with Gasteiger partial charge in [-0.3, -0.25) is 9.97 Å². The molecule has 1 aromatic carbocycles. The molecule has 0 bridgehead atoms. The molecule has 2 aromatic rings. The third-order valence-electron chi connectivity index (χ3n) is 2.67. The first-order chi connectivity index (χ1) is 8.18. The minimum Gasteiger partial charge on any atom is -0.377 e. The predicted octanol–water partition coefficient (Wildman–Crippen LogP) is 3.56. The molecule has 0 radical (unpaired) electrons. The number of anilines is 1. The first-order valence-corrected chi connectivity index (χ1v) is 6.54. The highest BCUT2D eigenvalue weighted by Gasteiger charge is 2.08. The summed E-state index contributed by atoms with van der Waals surface area (Å²) >= 11 is 2.34. The monoisotopic (exact) mass is 339 g/mol. The molecule has 0 fully saturated rings. The van der Waals surface area contributed by atoms with Crippen molar-refractivity contribution in [1.29, 1.82) is 0 Å². The molecule has 0 saturated heterocycles. The van der Waals surface area contributed by atoms with Gasteiger partial charge in [0, 0.05) is 21.7 Å². The third-order valence-corrected chi connectivity index (χ3v) is 3.84. The second-order valence-corrected chi connectivity index (χ2v) is 5.07. The number of aromatic nitrogens is 2. The van der Waals surface area contributed by atoms with Crippen LogP contribution < -0.4 is 5.32 Å². The van der Waals surface area contributed by atoms with Crippen molar-refractivity contribution in [3.63, 3.8) is 0 Å². The second kappa shape index (κ2) is 5.44. The molecule has 0 saturated carbocycles. The van der Waals surface area contributed by atoms with Crippen molar-refractivity contribution >= 4 is 28.3 Å². The van der Waals surface area contributed by atoms with Crippen LogP contribution in [0.25, 0.3) is 0 Å². The molecule has 0 spiro atoms. The van der Waals surface area contributed by atoms with E-state index in [2.05, 4.69) is 69.9 Å². The Morgan fingerprint density at radius 3 is 2.82 bits per heavy atom. The SMILES string of the molecule is Cc1c(I)cccc1NC(C)c1cnccn1. The van der Waals surface area contributed by atoms with Crippen LogP contribution in [0.4, 0.5) is 5.69 Å². The van der Waals surface area contributed by atoms with Gasteiger partial charge < -0.3 is 5.32 Å². The van der Waals surface area contributed by atoms with Gasteiger partial charge in [0.2, 0.25) is 0 Å². The number of rotatable bonds is 3. The zero-order valence-electron chi connectivity index (χ0n) is 9.81. The van der Waals surface area contributed by atoms with Crippen molar-refractivity contribution in [3.05, 3.63) is 51.6 Å². The van der Waals surface area contributed by atoms with Crippen LogP contribution in [0, 0.1) is 10.5 Å². The fourth-order valence-electron chi connectivity index (χ4n) is 1.61. The van der Waals surface area contributed by atoms with Crippen molar-refractivity contribution in [2.75, 3.05) is 5.32 Å². The lowest BCUT2D eigenvalue weighted by Crippen LogP contribution is -2.09. The topological polar surface area (TPSA) is 37.8 Å². The maximum Gasteiger partial charge on any atom is 0.0806 e. The van der Waals surface area contributed by atoms with Crippen molar-refractivity contribution in [2.24, 2.45) is 0 Å². The van der Waals surface area contributed by atoms with Gasteiger partial charge in [0.1, 0.15) is 0 Å². The Bertz CT molecular complexity index is 499. The summed E-state index contributed by atoms with van der Waals surface area (Å²) in [5, 5.41) is 3.46. The normalized spacial score (nSPS) is 12.2. The molecular weight excluding hydrogens is 325 g/mol. The number of hydrogen-bond donors (Lipinski definition) is 1. The smallest absolute Gasteiger partial charge is 0.0806 e. The summed E-state index contributed by atoms with van der Waals surface area (Å²) in [5.74, 6) is 0. The molecule has 0 aliphatic rings. The van der Waals surface area contributed by atoms with Gasteiger partial charge in [-0.1, -0.05) is 6.07 Å². The predicted molar refractivity (Wildman–Crippen MR) is 78.0 cm³/mol. The van der Waals surface area contributed by atoms with Gasteiger partial charge in [-0.2, -0.15) is 0 Å². The first kappa shape index (κ1) is 12.3. The average Bonchev–Trinajstić information content (AvgIpc) is 2.36. The van der Waals surface area contributed by atoms with Crippen LogP contribution >= 0.6 is 22.6 Å². The minimum absolute atomic E-state index is 0.153. The van der Waals surface area contributed by atoms with Crippen LogP contribution in [0.15, 0.2) is 36.8 Å². The fraction of sp³-hybridized carbons (Fsp3) is 0.231. The molecule has 0 aliphatic carbocycles. The summed E-state index contributed by atoms with van der Waals surface area (Å²) in [4.78, 5) is 8.38. The lowest BCUT2D eigenvalue weighted by molar-refractivity contribution is 0.826. The Balaban J connectivity index is 2.19. The Morgan fingerprint density at radius 2 is 2.12 bits per heavy atom. The zero-order valence-corrected chi connectivity index (χ0v) is 12.0. The summed E-state index contributed by atoms with van der Waals surface area (Å²) in [6.45, 7) is 4.21. The average molecular weight is 339 g/mol. The van der Waals surface area contributed by atoms with Crippen LogP contribution in [-0.4, -0.2) is 9.97 Å². The fourth-order valence-corrected chi connectivity index (χ4v) is 2.10. The number of nitrogens with zero attached hydrogens (tertiary/aromatic N) is 2. The minimum atomic E-state index is 0.153. The van der Waals surface area contributed by atoms with Crippen molar-refractivity contribution < 1.29 is 0 Å². The van der Waals surface area contributed by atoms with Gasteiger partial charge in [0.15, 0.2) is 0 Å². The lowest BCUT2D eigenvalue weighted by atomic mass is 10.1. The number of hydrogen-bond acceptors (Lipinski definition) is 3. The van der Waals surface area contributed by atoms with Gasteiger partial charge in [-0.15, -0.1) is 0 Å². The molecule has 2 rings (SSSR count). The van der Waals surface area contributed by atoms with Crippen molar-refractivity contribution in [2.45, 2.75) is 19.9 Å². The van der Waals surface area contributed by atoms with Gasteiger partial charge in [0.05, 0.1) is 17.9 Å². The van der Waals surface area contributed by atoms with E-state index in [1.54, 1.807) is 18.6 Å². The number of nitrogens with one attached hydrogen (secondary N) is 1. The molecule has 1 heterocycles. The quantitative estimate of drug-likeness (QED) is 0.869. The Hall–Kier alpha value is -1.17. The highest BCUT2D eigenvalue weighted by atomic mass is 127. The summed E-state index contributed by atoms with van der Waals surface area (Å²) < 4.78 is 1.26. The Labute approximate surface area is 115 Å². The van der Waals surface area contributed by atoms with Crippen LogP contribution in [-0.2, 0) is 0 Å². The molecule has 0 aliphatic heterocycles. The number of halogens is 1. The van der Waals surface area contributed by atoms with Crippen LogP contribution in [0.2, 0.25) is 0 Å². The van der Waals surface area contributed by atoms with E-state index in [0.29, 0.717) is 0 Å². The van der Waals surface area contributed by atoms with Gasteiger partial charge in [-0.25, -0.2) is 0 Å². The van der Waals surface area contributed by atoms with Crippen LogP contribution in [0.3, 0.4) is 0 Å². The van der Waals surface area contributed by atoms with Crippen LogP contribution in [0.5, 0.6) is 0 Å². The standard InChI is InChI=1S/C13H14IN3/c1-9-11(14)4-3-5-12(9)17-10(2)13-8-15-6-7-16-13/h3-8,10,17H,1-2H3. The molecule has 1 N–H and O–H groups in total. The molecule has 1 aromatic heterocycles. The van der Waals surface area contributed by atoms with E-state index in [-0.39, 0.29) is 6.04 Å². The second-order valence-electron chi connectivity index (χ2n) is 3.91. The maximum absolute atomic E-state index is 4.30. The zero-order chi connectivity index (χ0) is 12.3. The summed E-state index contributed by atoms with van der Waals surface area (Å²) in [5.41, 5.74) is 3.37. The molecular formula is C13H14IN3. The van der Waals surface area contributed by atoms with E-state index < -0.39 is 0 Å². The van der Waals surface area contributed by atoms with Gasteiger partial charge >= 0.3 is 0 Å². The molecule has 17 heavy (non-hydrogen) atoms. The van der Waals surface area contributed by atoms with Crippen molar-refractivity contribution in [3.8, 4) is 0 Å². The Kier molecular flexibility index (Phi) is 3.93. The van der Waals surface area contributed by atoms with E-state index in [0.717, 1.165) is 11.4 Å². The maximum atomic E-state index is 4.30. The summed E-state index contributed by atoms with van der Waals surface area (Å²) in [6.07, 6.45) is 5.20. The molecule has 0 amide bonds. The van der Waals surface area contributed by atoms with E-state index >= 15 is 0 Å². The largest absolute Gasteiger partial charge is 0.377 e. The highest BCUT2D eigenvalue weighted by Crippen LogP contribution is 2.24. The molecule has 1 unspecified atom stereocenters. The van der Waals surface area contributed by atoms with Gasteiger partial charge in [-0.05, 0) is 54.1 Å². The Morgan fingerprint density at radius 1 is 1.29 bits per heavy atom. The summed E-state index contributed by atoms with van der Waals surface area (Å²) in [6, 6.07) is 6.40. The van der Waals surface area contributed by atoms with Crippen LogP contribution in [0.1, 0.15) is 24.2 Å². The lowest BCUT2D eigenvalue weighted by Gasteiger charge is -2.16. The van der Waals surface area contributed by atoms with E-state index in [1.165, 1.54) is 9.13 Å². The highest BCUT2D eigenvalue weighted by molar-refractivity contribution is 14.1. The first-order valence-electron chi connectivity index (χ1n) is 5.46. The van der Waals surface area contributed by atoms with E-state index in [4.69, 9.17) is 0 Å². The molecule has 4 heteroatoms. The molecule has 1 atom stereocenters. The summed E-state index contributed by atoms with van der Waals surface area (Å²) in [7, 11) is 0. The third kappa shape index (κ3) is 2.94.